The largest absolute Gasteiger partial charge is 0.353 e. The van der Waals surface area contributed by atoms with Gasteiger partial charge in [-0.15, -0.1) is 0 Å². The highest BCUT2D eigenvalue weighted by Crippen LogP contribution is 2.15. The summed E-state index contributed by atoms with van der Waals surface area (Å²) in [6.07, 6.45) is 2.30. The Morgan fingerprint density at radius 1 is 1.38 bits per heavy atom. The van der Waals surface area contributed by atoms with E-state index in [0.29, 0.717) is 18.0 Å². The van der Waals surface area contributed by atoms with Gasteiger partial charge in [-0.2, -0.15) is 0 Å². The number of benzene rings is 1. The first-order valence-corrected chi connectivity index (χ1v) is 7.74. The average Bonchev–Trinajstić information content (AvgIpc) is 2.47. The van der Waals surface area contributed by atoms with Crippen LogP contribution in [0.2, 0.25) is 0 Å². The Labute approximate surface area is 127 Å². The highest BCUT2D eigenvalue weighted by atomic mass is 15.3. The number of nitrogens with one attached hydrogen (secondary N) is 2. The lowest BCUT2D eigenvalue weighted by atomic mass is 10.1. The van der Waals surface area contributed by atoms with Gasteiger partial charge in [0.1, 0.15) is 0 Å². The molecule has 0 saturated carbocycles. The summed E-state index contributed by atoms with van der Waals surface area (Å²) in [5, 5.41) is 3.24. The molecule has 0 aromatic heterocycles. The first-order valence-electron chi connectivity index (χ1n) is 7.74. The Kier molecular flexibility index (Phi) is 6.02. The fourth-order valence-corrected chi connectivity index (χ4v) is 2.69. The minimum absolute atomic E-state index is 0.305. The zero-order valence-corrected chi connectivity index (χ0v) is 13.0. The van der Waals surface area contributed by atoms with Crippen molar-refractivity contribution in [2.75, 3.05) is 13.1 Å². The fraction of sp³-hybridized carbons (Fsp3) is 0.562. The van der Waals surface area contributed by atoms with Crippen LogP contribution in [-0.2, 0) is 6.54 Å². The Morgan fingerprint density at radius 2 is 2.14 bits per heavy atom. The van der Waals surface area contributed by atoms with E-state index in [9.17, 15) is 0 Å². The third-order valence-corrected chi connectivity index (χ3v) is 3.60. The summed E-state index contributed by atoms with van der Waals surface area (Å²) in [7, 11) is 0. The van der Waals surface area contributed by atoms with Gasteiger partial charge in [-0.1, -0.05) is 30.3 Å². The van der Waals surface area contributed by atoms with Crippen LogP contribution < -0.4 is 16.6 Å². The molecule has 116 valence electrons. The molecule has 0 amide bonds. The van der Waals surface area contributed by atoms with Crippen LogP contribution in [0.25, 0.3) is 0 Å². The second-order valence-electron chi connectivity index (χ2n) is 5.94. The summed E-state index contributed by atoms with van der Waals surface area (Å²) >= 11 is 0. The lowest BCUT2D eigenvalue weighted by Crippen LogP contribution is -2.46. The van der Waals surface area contributed by atoms with Crippen molar-refractivity contribution in [3.63, 3.8) is 0 Å². The standard InChI is InChI=1S/C16H27N5/c1-13(2)18-16(20-17)19-15-9-6-10-21(12-15)11-14-7-4-3-5-8-14/h3-5,7-8,13,15H,6,9-12,17H2,1-2H3,(H2,18,19,20). The van der Waals surface area contributed by atoms with Gasteiger partial charge in [0.15, 0.2) is 0 Å². The van der Waals surface area contributed by atoms with E-state index in [1.165, 1.54) is 12.0 Å². The lowest BCUT2D eigenvalue weighted by Gasteiger charge is -2.31. The monoisotopic (exact) mass is 289 g/mol. The number of guanidine groups is 1. The van der Waals surface area contributed by atoms with Crippen molar-refractivity contribution < 1.29 is 0 Å². The molecule has 1 saturated heterocycles. The quantitative estimate of drug-likeness (QED) is 0.340. The minimum atomic E-state index is 0.305. The van der Waals surface area contributed by atoms with Gasteiger partial charge in [-0.3, -0.25) is 10.3 Å². The molecular formula is C16H27N5. The van der Waals surface area contributed by atoms with Crippen molar-refractivity contribution >= 4 is 5.96 Å². The van der Waals surface area contributed by atoms with Gasteiger partial charge >= 0.3 is 0 Å². The molecule has 1 unspecified atom stereocenters. The van der Waals surface area contributed by atoms with Gasteiger partial charge in [-0.05, 0) is 38.8 Å². The number of piperidine rings is 1. The van der Waals surface area contributed by atoms with Crippen LogP contribution in [-0.4, -0.2) is 36.0 Å². The zero-order valence-electron chi connectivity index (χ0n) is 13.0. The smallest absolute Gasteiger partial charge is 0.206 e. The molecule has 4 N–H and O–H groups in total. The second-order valence-corrected chi connectivity index (χ2v) is 5.94. The molecule has 0 spiro atoms. The van der Waals surface area contributed by atoms with E-state index in [-0.39, 0.29) is 0 Å². The highest BCUT2D eigenvalue weighted by molar-refractivity contribution is 5.79. The van der Waals surface area contributed by atoms with Gasteiger partial charge in [0, 0.05) is 19.1 Å². The van der Waals surface area contributed by atoms with Crippen LogP contribution in [0.15, 0.2) is 35.3 Å². The molecule has 1 fully saturated rings. The molecule has 1 aromatic rings. The van der Waals surface area contributed by atoms with Gasteiger partial charge in [0.05, 0.1) is 6.04 Å². The first-order chi connectivity index (χ1) is 10.2. The minimum Gasteiger partial charge on any atom is -0.353 e. The Bertz CT molecular complexity index is 443. The SMILES string of the molecule is CC(C)NC(=NC1CCCN(Cc2ccccc2)C1)NN. The Hall–Kier alpha value is -1.59. The molecule has 1 heterocycles. The molecule has 0 aliphatic carbocycles. The molecule has 21 heavy (non-hydrogen) atoms. The highest BCUT2D eigenvalue weighted by Gasteiger charge is 2.20. The number of rotatable bonds is 4. The number of aliphatic imine (C=N–C) groups is 1. The maximum absolute atomic E-state index is 5.54. The van der Waals surface area contributed by atoms with Crippen LogP contribution >= 0.6 is 0 Å². The van der Waals surface area contributed by atoms with E-state index in [2.05, 4.69) is 59.8 Å². The zero-order chi connectivity index (χ0) is 15.1. The molecule has 1 aliphatic heterocycles. The third-order valence-electron chi connectivity index (χ3n) is 3.60. The van der Waals surface area contributed by atoms with Crippen LogP contribution in [0.3, 0.4) is 0 Å². The van der Waals surface area contributed by atoms with E-state index >= 15 is 0 Å². The predicted octanol–water partition coefficient (Wildman–Crippen LogP) is 1.47. The number of hydrazine groups is 1. The number of nitrogens with zero attached hydrogens (tertiary/aromatic N) is 2. The maximum atomic E-state index is 5.54. The normalized spacial score (nSPS) is 20.6. The Balaban J connectivity index is 1.92. The van der Waals surface area contributed by atoms with Crippen molar-refractivity contribution in [3.05, 3.63) is 35.9 Å². The summed E-state index contributed by atoms with van der Waals surface area (Å²) < 4.78 is 0. The number of hydrogen-bond acceptors (Lipinski definition) is 3. The third kappa shape index (κ3) is 5.36. The van der Waals surface area contributed by atoms with Gasteiger partial charge in [0.2, 0.25) is 5.96 Å². The summed E-state index contributed by atoms with van der Waals surface area (Å²) in [5.41, 5.74) is 4.03. The molecule has 5 heteroatoms. The molecule has 5 nitrogen and oxygen atoms in total. The van der Waals surface area contributed by atoms with Crippen molar-refractivity contribution in [2.45, 2.75) is 45.3 Å². The van der Waals surface area contributed by atoms with Gasteiger partial charge in [0.25, 0.3) is 0 Å². The van der Waals surface area contributed by atoms with Crippen molar-refractivity contribution in [2.24, 2.45) is 10.8 Å². The molecule has 1 aromatic carbocycles. The molecule has 0 radical (unpaired) electrons. The first kappa shape index (κ1) is 15.8. The van der Waals surface area contributed by atoms with E-state index in [1.807, 2.05) is 0 Å². The predicted molar refractivity (Wildman–Crippen MR) is 87.8 cm³/mol. The van der Waals surface area contributed by atoms with E-state index in [4.69, 9.17) is 10.8 Å². The molecular weight excluding hydrogens is 262 g/mol. The van der Waals surface area contributed by atoms with E-state index in [1.54, 1.807) is 0 Å². The number of likely N-dealkylation sites (tertiary alicyclic amines) is 1. The second kappa shape index (κ2) is 8.00. The van der Waals surface area contributed by atoms with Crippen molar-refractivity contribution in [3.8, 4) is 0 Å². The summed E-state index contributed by atoms with van der Waals surface area (Å²) in [6.45, 7) is 7.28. The van der Waals surface area contributed by atoms with Gasteiger partial charge < -0.3 is 5.32 Å². The number of nitrogens with two attached hydrogens (primary N) is 1. The Morgan fingerprint density at radius 3 is 2.81 bits per heavy atom. The summed E-state index contributed by atoms with van der Waals surface area (Å²) in [6, 6.07) is 11.2. The molecule has 2 rings (SSSR count). The summed E-state index contributed by atoms with van der Waals surface area (Å²) in [4.78, 5) is 7.18. The number of hydrogen-bond donors (Lipinski definition) is 3. The van der Waals surface area contributed by atoms with Crippen LogP contribution in [0.5, 0.6) is 0 Å². The van der Waals surface area contributed by atoms with E-state index in [0.717, 1.165) is 26.1 Å². The molecule has 1 aliphatic rings. The van der Waals surface area contributed by atoms with Crippen molar-refractivity contribution in [1.82, 2.24) is 15.6 Å². The van der Waals surface area contributed by atoms with Gasteiger partial charge in [-0.25, -0.2) is 10.8 Å². The fourth-order valence-electron chi connectivity index (χ4n) is 2.69. The van der Waals surface area contributed by atoms with E-state index < -0.39 is 0 Å². The average molecular weight is 289 g/mol. The van der Waals surface area contributed by atoms with Crippen LogP contribution in [0.4, 0.5) is 0 Å². The molecule has 1 atom stereocenters. The van der Waals surface area contributed by atoms with Crippen molar-refractivity contribution in [1.29, 1.82) is 0 Å². The van der Waals surface area contributed by atoms with Crippen LogP contribution in [0, 0.1) is 0 Å². The van der Waals surface area contributed by atoms with Crippen LogP contribution in [0.1, 0.15) is 32.3 Å². The molecule has 0 bridgehead atoms. The maximum Gasteiger partial charge on any atom is 0.206 e. The summed E-state index contributed by atoms with van der Waals surface area (Å²) in [5.74, 6) is 6.23. The lowest BCUT2D eigenvalue weighted by molar-refractivity contribution is 0.202. The topological polar surface area (TPSA) is 65.7 Å².